The van der Waals surface area contributed by atoms with E-state index in [2.05, 4.69) is 0 Å². The monoisotopic (exact) mass is 155 g/mol. The quantitative estimate of drug-likeness (QED) is 0.429. The molecule has 2 fully saturated rings. The lowest BCUT2D eigenvalue weighted by Gasteiger charge is -2.18. The van der Waals surface area contributed by atoms with Gasteiger partial charge in [0.1, 0.15) is 0 Å². The second kappa shape index (κ2) is 2.19. The summed E-state index contributed by atoms with van der Waals surface area (Å²) in [5.74, 6) is 0.414. The minimum Gasteiger partial charge on any atom is -0.264 e. The van der Waals surface area contributed by atoms with E-state index in [4.69, 9.17) is 0 Å². The van der Waals surface area contributed by atoms with Gasteiger partial charge in [0.2, 0.25) is 5.54 Å². The third kappa shape index (κ3) is 0.798. The van der Waals surface area contributed by atoms with Gasteiger partial charge in [-0.2, -0.15) is 0 Å². The Morgan fingerprint density at radius 3 is 2.18 bits per heavy atom. The van der Waals surface area contributed by atoms with Gasteiger partial charge in [0.15, 0.2) is 0 Å². The summed E-state index contributed by atoms with van der Waals surface area (Å²) in [4.78, 5) is 10.8. The van der Waals surface area contributed by atoms with E-state index in [0.29, 0.717) is 5.92 Å². The van der Waals surface area contributed by atoms with Gasteiger partial charge in [-0.1, -0.05) is 0 Å². The summed E-state index contributed by atoms with van der Waals surface area (Å²) in [7, 11) is 0. The molecule has 0 spiro atoms. The van der Waals surface area contributed by atoms with Gasteiger partial charge >= 0.3 is 0 Å². The molecule has 2 rings (SSSR count). The Morgan fingerprint density at radius 1 is 1.27 bits per heavy atom. The summed E-state index contributed by atoms with van der Waals surface area (Å²) in [5.41, 5.74) is -0.472. The van der Waals surface area contributed by atoms with Crippen LogP contribution in [0.25, 0.3) is 0 Å². The lowest BCUT2D eigenvalue weighted by atomic mass is 9.91. The van der Waals surface area contributed by atoms with Crippen LogP contribution in [-0.2, 0) is 0 Å². The van der Waals surface area contributed by atoms with Crippen molar-refractivity contribution in [2.45, 2.75) is 44.1 Å². The first-order valence-corrected chi connectivity index (χ1v) is 4.40. The van der Waals surface area contributed by atoms with E-state index in [9.17, 15) is 10.1 Å². The molecule has 11 heavy (non-hydrogen) atoms. The normalized spacial score (nSPS) is 42.4. The fraction of sp³-hybridized carbons (Fsp3) is 1.00. The Bertz CT molecular complexity index is 181. The van der Waals surface area contributed by atoms with Gasteiger partial charge in [0.05, 0.1) is 0 Å². The molecule has 2 saturated carbocycles. The molecule has 0 amide bonds. The van der Waals surface area contributed by atoms with E-state index < -0.39 is 5.54 Å². The van der Waals surface area contributed by atoms with Crippen molar-refractivity contribution in [3.63, 3.8) is 0 Å². The summed E-state index contributed by atoms with van der Waals surface area (Å²) in [6, 6.07) is 0. The van der Waals surface area contributed by atoms with E-state index >= 15 is 0 Å². The SMILES string of the molecule is O=[N+]([O-])C12CCCC1CCC2. The molecule has 0 radical (unpaired) electrons. The number of fused-ring (bicyclic) bond motifs is 1. The molecule has 0 N–H and O–H groups in total. The van der Waals surface area contributed by atoms with E-state index in [1.54, 1.807) is 0 Å². The molecule has 0 saturated heterocycles. The van der Waals surface area contributed by atoms with Crippen molar-refractivity contribution in [1.29, 1.82) is 0 Å². The van der Waals surface area contributed by atoms with Crippen LogP contribution in [0.4, 0.5) is 0 Å². The average Bonchev–Trinajstić information content (AvgIpc) is 2.40. The second-order valence-corrected chi connectivity index (χ2v) is 3.84. The Balaban J connectivity index is 2.26. The van der Waals surface area contributed by atoms with Gasteiger partial charge in [0.25, 0.3) is 0 Å². The van der Waals surface area contributed by atoms with E-state index in [1.807, 2.05) is 0 Å². The second-order valence-electron chi connectivity index (χ2n) is 3.84. The molecule has 0 aromatic carbocycles. The van der Waals surface area contributed by atoms with E-state index in [1.165, 1.54) is 0 Å². The first kappa shape index (κ1) is 7.07. The zero-order chi connectivity index (χ0) is 7.90. The maximum Gasteiger partial charge on any atom is 0.225 e. The van der Waals surface area contributed by atoms with Gasteiger partial charge in [-0.05, 0) is 25.7 Å². The molecule has 3 heteroatoms. The van der Waals surface area contributed by atoms with Gasteiger partial charge in [-0.25, -0.2) is 0 Å². The topological polar surface area (TPSA) is 43.1 Å². The number of nitro groups is 1. The number of hydrogen-bond acceptors (Lipinski definition) is 2. The number of nitrogens with zero attached hydrogens (tertiary/aromatic N) is 1. The highest BCUT2D eigenvalue weighted by molar-refractivity contribution is 4.97. The number of hydrogen-bond donors (Lipinski definition) is 0. The number of rotatable bonds is 1. The maximum absolute atomic E-state index is 10.8. The Labute approximate surface area is 65.9 Å². The largest absolute Gasteiger partial charge is 0.264 e. The van der Waals surface area contributed by atoms with Gasteiger partial charge in [-0.15, -0.1) is 0 Å². The highest BCUT2D eigenvalue weighted by Crippen LogP contribution is 2.49. The van der Waals surface area contributed by atoms with Crippen LogP contribution in [0.2, 0.25) is 0 Å². The van der Waals surface area contributed by atoms with Crippen LogP contribution in [0.1, 0.15) is 38.5 Å². The third-order valence-electron chi connectivity index (χ3n) is 3.45. The molecule has 2 aliphatic carbocycles. The van der Waals surface area contributed by atoms with Crippen molar-refractivity contribution in [3.05, 3.63) is 10.1 Å². The molecule has 0 heterocycles. The van der Waals surface area contributed by atoms with Crippen LogP contribution in [0.15, 0.2) is 0 Å². The maximum atomic E-state index is 10.8. The summed E-state index contributed by atoms with van der Waals surface area (Å²) in [6.45, 7) is 0. The van der Waals surface area contributed by atoms with Gasteiger partial charge in [0, 0.05) is 23.7 Å². The smallest absolute Gasteiger partial charge is 0.225 e. The Kier molecular flexibility index (Phi) is 1.41. The van der Waals surface area contributed by atoms with Crippen molar-refractivity contribution in [1.82, 2.24) is 0 Å². The minimum atomic E-state index is -0.472. The molecule has 0 unspecified atom stereocenters. The predicted molar refractivity (Wildman–Crippen MR) is 40.9 cm³/mol. The molecule has 3 nitrogen and oxygen atoms in total. The fourth-order valence-electron chi connectivity index (χ4n) is 2.86. The van der Waals surface area contributed by atoms with Crippen LogP contribution < -0.4 is 0 Å². The molecule has 2 aliphatic rings. The van der Waals surface area contributed by atoms with Crippen LogP contribution in [-0.4, -0.2) is 10.5 Å². The highest BCUT2D eigenvalue weighted by Gasteiger charge is 2.55. The van der Waals surface area contributed by atoms with Crippen LogP contribution in [0, 0.1) is 16.0 Å². The average molecular weight is 155 g/mol. The first-order chi connectivity index (χ1) is 5.26. The Morgan fingerprint density at radius 2 is 1.82 bits per heavy atom. The molecular formula is C8H13NO2. The molecule has 0 aromatic rings. The van der Waals surface area contributed by atoms with Crippen LogP contribution in [0.3, 0.4) is 0 Å². The molecular weight excluding hydrogens is 142 g/mol. The molecule has 0 aromatic heterocycles. The predicted octanol–water partition coefficient (Wildman–Crippen LogP) is 1.99. The zero-order valence-electron chi connectivity index (χ0n) is 6.58. The lowest BCUT2D eigenvalue weighted by Crippen LogP contribution is -2.37. The molecule has 0 aliphatic heterocycles. The molecule has 62 valence electrons. The van der Waals surface area contributed by atoms with Crippen molar-refractivity contribution in [2.75, 3.05) is 0 Å². The fourth-order valence-corrected chi connectivity index (χ4v) is 2.86. The van der Waals surface area contributed by atoms with Crippen molar-refractivity contribution in [3.8, 4) is 0 Å². The minimum absolute atomic E-state index is 0.00231. The van der Waals surface area contributed by atoms with Crippen molar-refractivity contribution in [2.24, 2.45) is 5.92 Å². The van der Waals surface area contributed by atoms with Crippen molar-refractivity contribution < 1.29 is 4.92 Å². The summed E-state index contributed by atoms with van der Waals surface area (Å²) in [6.07, 6.45) is 6.02. The van der Waals surface area contributed by atoms with Gasteiger partial charge in [-0.3, -0.25) is 10.1 Å². The lowest BCUT2D eigenvalue weighted by molar-refractivity contribution is -0.574. The van der Waals surface area contributed by atoms with Crippen LogP contribution >= 0.6 is 0 Å². The first-order valence-electron chi connectivity index (χ1n) is 4.40. The van der Waals surface area contributed by atoms with Gasteiger partial charge < -0.3 is 0 Å². The van der Waals surface area contributed by atoms with Crippen molar-refractivity contribution >= 4 is 0 Å². The van der Waals surface area contributed by atoms with Crippen LogP contribution in [0.5, 0.6) is 0 Å². The summed E-state index contributed by atoms with van der Waals surface area (Å²) >= 11 is 0. The summed E-state index contributed by atoms with van der Waals surface area (Å²) < 4.78 is 0. The third-order valence-corrected chi connectivity index (χ3v) is 3.45. The Hall–Kier alpha value is -0.600. The standard InChI is InChI=1S/C8H13NO2/c10-9(11)8-5-1-3-7(8)4-2-6-8/h7H,1-6H2. The van der Waals surface area contributed by atoms with E-state index in [0.717, 1.165) is 38.5 Å². The van der Waals surface area contributed by atoms with E-state index in [-0.39, 0.29) is 4.92 Å². The molecule has 0 atom stereocenters. The zero-order valence-corrected chi connectivity index (χ0v) is 6.58. The highest BCUT2D eigenvalue weighted by atomic mass is 16.6. The molecule has 0 bridgehead atoms. The summed E-state index contributed by atoms with van der Waals surface area (Å²) in [5, 5.41) is 10.8.